The van der Waals surface area contributed by atoms with Gasteiger partial charge in [-0.1, -0.05) is 12.1 Å². The summed E-state index contributed by atoms with van der Waals surface area (Å²) in [6.45, 7) is 0.376. The van der Waals surface area contributed by atoms with Gasteiger partial charge in [-0.2, -0.15) is 5.10 Å². The van der Waals surface area contributed by atoms with Gasteiger partial charge < -0.3 is 14.7 Å². The first-order chi connectivity index (χ1) is 11.1. The predicted molar refractivity (Wildman–Crippen MR) is 76.8 cm³/mol. The van der Waals surface area contributed by atoms with Crippen molar-refractivity contribution in [3.8, 4) is 5.69 Å². The molecule has 1 aliphatic rings. The number of aliphatic carboxylic acids is 1. The van der Waals surface area contributed by atoms with Crippen molar-refractivity contribution in [1.29, 1.82) is 0 Å². The zero-order chi connectivity index (χ0) is 16.4. The maximum atomic E-state index is 13.8. The van der Waals surface area contributed by atoms with Crippen LogP contribution in [0.15, 0.2) is 36.5 Å². The SMILES string of the molecule is O=C(O)[C@H]1COCCN1C(=O)c1ccn(-c2ccccc2F)n1. The van der Waals surface area contributed by atoms with Gasteiger partial charge in [-0.25, -0.2) is 13.9 Å². The molecule has 3 rings (SSSR count). The fourth-order valence-electron chi connectivity index (χ4n) is 2.41. The minimum atomic E-state index is -1.13. The lowest BCUT2D eigenvalue weighted by Gasteiger charge is -2.32. The van der Waals surface area contributed by atoms with Crippen LogP contribution in [0.5, 0.6) is 0 Å². The number of hydrogen-bond donors (Lipinski definition) is 1. The van der Waals surface area contributed by atoms with Gasteiger partial charge in [-0.15, -0.1) is 0 Å². The number of carboxylic acids is 1. The summed E-state index contributed by atoms with van der Waals surface area (Å²) < 4.78 is 20.1. The van der Waals surface area contributed by atoms with Crippen LogP contribution in [0.25, 0.3) is 5.69 Å². The van der Waals surface area contributed by atoms with Gasteiger partial charge in [-0.05, 0) is 18.2 Å². The van der Waals surface area contributed by atoms with Crippen LogP contribution in [0.4, 0.5) is 4.39 Å². The third-order valence-corrected chi connectivity index (χ3v) is 3.58. The van der Waals surface area contributed by atoms with Crippen molar-refractivity contribution in [2.24, 2.45) is 0 Å². The quantitative estimate of drug-likeness (QED) is 0.910. The number of para-hydroxylation sites is 1. The number of carboxylic acid groups (broad SMARTS) is 1. The summed E-state index contributed by atoms with van der Waals surface area (Å²) in [5.41, 5.74) is 0.268. The normalized spacial score (nSPS) is 18.0. The third-order valence-electron chi connectivity index (χ3n) is 3.58. The molecule has 0 spiro atoms. The Bertz CT molecular complexity index is 746. The monoisotopic (exact) mass is 319 g/mol. The Kier molecular flexibility index (Phi) is 4.07. The van der Waals surface area contributed by atoms with E-state index in [0.29, 0.717) is 0 Å². The van der Waals surface area contributed by atoms with E-state index in [2.05, 4.69) is 5.10 Å². The Morgan fingerprint density at radius 2 is 2.09 bits per heavy atom. The van der Waals surface area contributed by atoms with Crippen molar-refractivity contribution in [3.63, 3.8) is 0 Å². The van der Waals surface area contributed by atoms with Gasteiger partial charge in [-0.3, -0.25) is 4.79 Å². The Hall–Kier alpha value is -2.74. The van der Waals surface area contributed by atoms with Gasteiger partial charge in [0.05, 0.1) is 13.2 Å². The van der Waals surface area contributed by atoms with Gasteiger partial charge >= 0.3 is 5.97 Å². The van der Waals surface area contributed by atoms with Crippen LogP contribution in [-0.4, -0.2) is 57.5 Å². The first-order valence-electron chi connectivity index (χ1n) is 7.00. The Labute approximate surface area is 130 Å². The summed E-state index contributed by atoms with van der Waals surface area (Å²) in [5, 5.41) is 13.2. The summed E-state index contributed by atoms with van der Waals surface area (Å²) >= 11 is 0. The fourth-order valence-corrected chi connectivity index (χ4v) is 2.41. The van der Waals surface area contributed by atoms with Crippen LogP contribution in [0.2, 0.25) is 0 Å². The molecular weight excluding hydrogens is 305 g/mol. The molecule has 1 aliphatic heterocycles. The average Bonchev–Trinajstić information content (AvgIpc) is 3.04. The number of rotatable bonds is 3. The van der Waals surface area contributed by atoms with Crippen molar-refractivity contribution >= 4 is 11.9 Å². The molecule has 1 fully saturated rings. The molecule has 120 valence electrons. The molecule has 1 atom stereocenters. The first kappa shape index (κ1) is 15.2. The van der Waals surface area contributed by atoms with Crippen LogP contribution >= 0.6 is 0 Å². The second kappa shape index (κ2) is 6.17. The molecule has 1 saturated heterocycles. The molecule has 7 nitrogen and oxygen atoms in total. The van der Waals surface area contributed by atoms with Gasteiger partial charge in [0, 0.05) is 12.7 Å². The van der Waals surface area contributed by atoms with Crippen molar-refractivity contribution in [2.75, 3.05) is 19.8 Å². The second-order valence-corrected chi connectivity index (χ2v) is 5.02. The highest BCUT2D eigenvalue weighted by Gasteiger charge is 2.34. The van der Waals surface area contributed by atoms with Gasteiger partial charge in [0.25, 0.3) is 5.91 Å². The van der Waals surface area contributed by atoms with E-state index >= 15 is 0 Å². The van der Waals surface area contributed by atoms with Crippen LogP contribution < -0.4 is 0 Å². The zero-order valence-corrected chi connectivity index (χ0v) is 12.1. The number of morpholine rings is 1. The summed E-state index contributed by atoms with van der Waals surface area (Å²) in [6.07, 6.45) is 1.46. The molecule has 0 saturated carbocycles. The standard InChI is InChI=1S/C15H14FN3O4/c16-10-3-1-2-4-12(10)19-6-5-11(17-19)14(20)18-7-8-23-9-13(18)15(21)22/h1-6,13H,7-9H2,(H,21,22)/t13-/m1/s1. The smallest absolute Gasteiger partial charge is 0.328 e. The molecule has 0 radical (unpaired) electrons. The average molecular weight is 319 g/mol. The minimum absolute atomic E-state index is 0.0569. The highest BCUT2D eigenvalue weighted by Crippen LogP contribution is 2.15. The van der Waals surface area contributed by atoms with Crippen LogP contribution in [0.3, 0.4) is 0 Å². The number of carbonyl (C=O) groups is 2. The maximum Gasteiger partial charge on any atom is 0.328 e. The highest BCUT2D eigenvalue weighted by atomic mass is 19.1. The highest BCUT2D eigenvalue weighted by molar-refractivity contribution is 5.95. The lowest BCUT2D eigenvalue weighted by molar-refractivity contribution is -0.147. The summed E-state index contributed by atoms with van der Waals surface area (Å²) in [4.78, 5) is 24.9. The number of carbonyl (C=O) groups excluding carboxylic acids is 1. The molecule has 0 bridgehead atoms. The lowest BCUT2D eigenvalue weighted by Crippen LogP contribution is -2.52. The van der Waals surface area contributed by atoms with Gasteiger partial charge in [0.15, 0.2) is 11.7 Å². The topological polar surface area (TPSA) is 84.7 Å². The maximum absolute atomic E-state index is 13.8. The molecule has 8 heteroatoms. The molecule has 0 unspecified atom stereocenters. The molecule has 1 N–H and O–H groups in total. The Morgan fingerprint density at radius 1 is 1.30 bits per heavy atom. The van der Waals surface area contributed by atoms with Crippen molar-refractivity contribution in [1.82, 2.24) is 14.7 Å². The van der Waals surface area contributed by atoms with E-state index in [1.54, 1.807) is 12.1 Å². The number of halogens is 1. The first-order valence-corrected chi connectivity index (χ1v) is 7.00. The number of benzene rings is 1. The van der Waals surface area contributed by atoms with E-state index in [-0.39, 0.29) is 31.1 Å². The molecule has 1 aromatic carbocycles. The van der Waals surface area contributed by atoms with E-state index in [1.807, 2.05) is 0 Å². The van der Waals surface area contributed by atoms with Crippen molar-refractivity contribution in [2.45, 2.75) is 6.04 Å². The molecular formula is C15H14FN3O4. The molecule has 1 aromatic heterocycles. The van der Waals surface area contributed by atoms with E-state index in [4.69, 9.17) is 4.74 Å². The number of amides is 1. The summed E-state index contributed by atoms with van der Waals surface area (Å²) in [7, 11) is 0. The molecule has 1 amide bonds. The molecule has 23 heavy (non-hydrogen) atoms. The lowest BCUT2D eigenvalue weighted by atomic mass is 10.2. The number of aromatic nitrogens is 2. The fraction of sp³-hybridized carbons (Fsp3) is 0.267. The minimum Gasteiger partial charge on any atom is -0.480 e. The number of hydrogen-bond acceptors (Lipinski definition) is 4. The van der Waals surface area contributed by atoms with Gasteiger partial charge in [0.1, 0.15) is 11.5 Å². The van der Waals surface area contributed by atoms with E-state index in [1.165, 1.54) is 34.0 Å². The van der Waals surface area contributed by atoms with Gasteiger partial charge in [0.2, 0.25) is 0 Å². The number of ether oxygens (including phenoxy) is 1. The van der Waals surface area contributed by atoms with E-state index in [9.17, 15) is 19.1 Å². The summed E-state index contributed by atoms with van der Waals surface area (Å²) in [6, 6.07) is 6.42. The third kappa shape index (κ3) is 2.93. The Morgan fingerprint density at radius 3 is 2.83 bits per heavy atom. The van der Waals surface area contributed by atoms with E-state index < -0.39 is 23.7 Å². The summed E-state index contributed by atoms with van der Waals surface area (Å²) in [5.74, 6) is -2.12. The molecule has 2 heterocycles. The molecule has 2 aromatic rings. The number of nitrogens with zero attached hydrogens (tertiary/aromatic N) is 3. The zero-order valence-electron chi connectivity index (χ0n) is 12.1. The van der Waals surface area contributed by atoms with Crippen LogP contribution in [0.1, 0.15) is 10.5 Å². The molecule has 0 aliphatic carbocycles. The predicted octanol–water partition coefficient (Wildman–Crippen LogP) is 0.937. The van der Waals surface area contributed by atoms with Crippen LogP contribution in [0, 0.1) is 5.82 Å². The Balaban J connectivity index is 1.86. The largest absolute Gasteiger partial charge is 0.480 e. The van der Waals surface area contributed by atoms with Crippen molar-refractivity contribution < 1.29 is 23.8 Å². The van der Waals surface area contributed by atoms with Crippen molar-refractivity contribution in [3.05, 3.63) is 48.0 Å². The van der Waals surface area contributed by atoms with E-state index in [0.717, 1.165) is 0 Å². The van der Waals surface area contributed by atoms with Crippen LogP contribution in [-0.2, 0) is 9.53 Å². The second-order valence-electron chi connectivity index (χ2n) is 5.02.